The van der Waals surface area contributed by atoms with Gasteiger partial charge in [-0.05, 0) is 39.5 Å². The Morgan fingerprint density at radius 1 is 0.739 bits per heavy atom. The van der Waals surface area contributed by atoms with Gasteiger partial charge in [0, 0.05) is 23.0 Å². The van der Waals surface area contributed by atoms with E-state index in [1.54, 1.807) is 13.8 Å². The van der Waals surface area contributed by atoms with Crippen molar-refractivity contribution in [1.29, 1.82) is 0 Å². The Bertz CT molecular complexity index is 475. The van der Waals surface area contributed by atoms with Gasteiger partial charge in [-0.2, -0.15) is 0 Å². The molecule has 0 atom stereocenters. The second-order valence-corrected chi connectivity index (χ2v) is 7.14. The fourth-order valence-corrected chi connectivity index (χ4v) is 3.95. The number of hydrogen-bond acceptors (Lipinski definition) is 4. The van der Waals surface area contributed by atoms with Gasteiger partial charge in [0.05, 0.1) is 0 Å². The molecular weight excluding hydrogens is 292 g/mol. The summed E-state index contributed by atoms with van der Waals surface area (Å²) in [5.74, 6) is -2.13. The Labute approximate surface area is 138 Å². The lowest BCUT2D eigenvalue weighted by molar-refractivity contribution is -0.289. The summed E-state index contributed by atoms with van der Waals surface area (Å²) in [5, 5.41) is 0. The van der Waals surface area contributed by atoms with Gasteiger partial charge in [0.1, 0.15) is 0 Å². The zero-order chi connectivity index (χ0) is 17.1. The smallest absolute Gasteiger partial charge is 0.336 e. The summed E-state index contributed by atoms with van der Waals surface area (Å²) in [6, 6.07) is 0. The first-order chi connectivity index (χ1) is 10.8. The van der Waals surface area contributed by atoms with Gasteiger partial charge < -0.3 is 9.47 Å². The van der Waals surface area contributed by atoms with E-state index in [-0.39, 0.29) is 5.41 Å². The summed E-state index contributed by atoms with van der Waals surface area (Å²) >= 11 is 0. The van der Waals surface area contributed by atoms with Crippen LogP contribution < -0.4 is 0 Å². The molecular formula is C19H28O4. The van der Waals surface area contributed by atoms with E-state index in [0.717, 1.165) is 44.9 Å². The third-order valence-electron chi connectivity index (χ3n) is 5.24. The number of rotatable bonds is 4. The summed E-state index contributed by atoms with van der Waals surface area (Å²) in [5.41, 5.74) is 0.388. The highest BCUT2D eigenvalue weighted by Gasteiger charge is 2.58. The van der Waals surface area contributed by atoms with E-state index in [2.05, 4.69) is 13.2 Å². The van der Waals surface area contributed by atoms with E-state index in [1.165, 1.54) is 6.42 Å². The minimum Gasteiger partial charge on any atom is -0.419 e. The molecule has 4 nitrogen and oxygen atoms in total. The maximum atomic E-state index is 12.3. The van der Waals surface area contributed by atoms with Crippen molar-refractivity contribution >= 4 is 11.9 Å². The maximum Gasteiger partial charge on any atom is 0.336 e. The number of hydrogen-bond donors (Lipinski definition) is 0. The van der Waals surface area contributed by atoms with Crippen LogP contribution >= 0.6 is 0 Å². The van der Waals surface area contributed by atoms with Gasteiger partial charge in [-0.25, -0.2) is 9.59 Å². The highest BCUT2D eigenvalue weighted by Crippen LogP contribution is 2.56. The lowest BCUT2D eigenvalue weighted by atomic mass is 9.61. The molecule has 2 aliphatic rings. The lowest BCUT2D eigenvalue weighted by Gasteiger charge is -2.53. The molecule has 2 fully saturated rings. The molecule has 0 radical (unpaired) electrons. The van der Waals surface area contributed by atoms with Gasteiger partial charge in [0.2, 0.25) is 0 Å². The SMILES string of the molecule is C=C(C)C(=O)OC1(OC(=O)C(=C)C)CCCCC12CCCCC2. The van der Waals surface area contributed by atoms with E-state index in [9.17, 15) is 9.59 Å². The van der Waals surface area contributed by atoms with E-state index in [4.69, 9.17) is 9.47 Å². The third kappa shape index (κ3) is 3.51. The second kappa shape index (κ2) is 6.90. The molecule has 0 unspecified atom stereocenters. The first-order valence-corrected chi connectivity index (χ1v) is 8.60. The molecule has 2 saturated carbocycles. The highest BCUT2D eigenvalue weighted by molar-refractivity contribution is 5.89. The Kier molecular flexibility index (Phi) is 5.33. The Balaban J connectivity index is 2.39. The lowest BCUT2D eigenvalue weighted by Crippen LogP contribution is -2.57. The molecule has 0 amide bonds. The quantitative estimate of drug-likeness (QED) is 0.436. The molecule has 0 N–H and O–H groups in total. The van der Waals surface area contributed by atoms with Crippen molar-refractivity contribution in [2.75, 3.05) is 0 Å². The second-order valence-electron chi connectivity index (χ2n) is 7.14. The molecule has 0 aromatic carbocycles. The van der Waals surface area contributed by atoms with Gasteiger partial charge in [0.25, 0.3) is 5.79 Å². The van der Waals surface area contributed by atoms with E-state index in [0.29, 0.717) is 17.6 Å². The summed E-state index contributed by atoms with van der Waals surface area (Å²) in [6.45, 7) is 10.6. The zero-order valence-electron chi connectivity index (χ0n) is 14.4. The maximum absolute atomic E-state index is 12.3. The summed E-state index contributed by atoms with van der Waals surface area (Å²) in [6.07, 6.45) is 8.66. The standard InChI is InChI=1S/C19H28O4/c1-14(2)16(20)22-19(23-17(21)15(3)4)13-9-8-12-18(19)10-6-5-7-11-18/h1,3,5-13H2,2,4H3. The minimum absolute atomic E-state index is 0.264. The molecule has 23 heavy (non-hydrogen) atoms. The van der Waals surface area contributed by atoms with Crippen LogP contribution in [0.25, 0.3) is 0 Å². The van der Waals surface area contributed by atoms with Crippen molar-refractivity contribution in [3.8, 4) is 0 Å². The van der Waals surface area contributed by atoms with Crippen molar-refractivity contribution in [2.45, 2.75) is 77.4 Å². The largest absolute Gasteiger partial charge is 0.419 e. The molecule has 128 valence electrons. The van der Waals surface area contributed by atoms with Crippen LogP contribution in [-0.2, 0) is 19.1 Å². The van der Waals surface area contributed by atoms with Crippen molar-refractivity contribution in [1.82, 2.24) is 0 Å². The van der Waals surface area contributed by atoms with Crippen LogP contribution in [0.15, 0.2) is 24.3 Å². The zero-order valence-corrected chi connectivity index (χ0v) is 14.4. The van der Waals surface area contributed by atoms with Crippen molar-refractivity contribution in [2.24, 2.45) is 5.41 Å². The van der Waals surface area contributed by atoms with E-state index in [1.807, 2.05) is 0 Å². The van der Waals surface area contributed by atoms with Crippen LogP contribution in [0.1, 0.15) is 71.6 Å². The van der Waals surface area contributed by atoms with Gasteiger partial charge in [-0.3, -0.25) is 0 Å². The van der Waals surface area contributed by atoms with Crippen LogP contribution in [0.2, 0.25) is 0 Å². The van der Waals surface area contributed by atoms with Crippen LogP contribution in [0, 0.1) is 5.41 Å². The number of ether oxygens (including phenoxy) is 2. The van der Waals surface area contributed by atoms with Crippen molar-refractivity contribution < 1.29 is 19.1 Å². The van der Waals surface area contributed by atoms with Crippen LogP contribution in [-0.4, -0.2) is 17.7 Å². The Morgan fingerprint density at radius 3 is 1.57 bits per heavy atom. The van der Waals surface area contributed by atoms with Crippen molar-refractivity contribution in [3.63, 3.8) is 0 Å². The van der Waals surface area contributed by atoms with Crippen molar-refractivity contribution in [3.05, 3.63) is 24.3 Å². The number of esters is 2. The van der Waals surface area contributed by atoms with Gasteiger partial charge >= 0.3 is 11.9 Å². The molecule has 0 bridgehead atoms. The molecule has 2 rings (SSSR count). The van der Waals surface area contributed by atoms with Gasteiger partial charge in [-0.15, -0.1) is 0 Å². The van der Waals surface area contributed by atoms with Crippen LogP contribution in [0.4, 0.5) is 0 Å². The summed E-state index contributed by atoms with van der Waals surface area (Å²) in [4.78, 5) is 24.5. The molecule has 0 aromatic rings. The third-order valence-corrected chi connectivity index (χ3v) is 5.24. The Hall–Kier alpha value is -1.58. The Morgan fingerprint density at radius 2 is 1.13 bits per heavy atom. The van der Waals surface area contributed by atoms with Gasteiger partial charge in [0.15, 0.2) is 0 Å². The average molecular weight is 320 g/mol. The predicted molar refractivity (Wildman–Crippen MR) is 88.5 cm³/mol. The summed E-state index contributed by atoms with van der Waals surface area (Å²) in [7, 11) is 0. The van der Waals surface area contributed by atoms with Crippen LogP contribution in [0.3, 0.4) is 0 Å². The monoisotopic (exact) mass is 320 g/mol. The molecule has 2 aliphatic carbocycles. The molecule has 0 aliphatic heterocycles. The fourth-order valence-electron chi connectivity index (χ4n) is 3.95. The minimum atomic E-state index is -1.17. The number of carbonyl (C=O) groups is 2. The first kappa shape index (κ1) is 17.8. The molecule has 0 saturated heterocycles. The molecule has 0 aromatic heterocycles. The van der Waals surface area contributed by atoms with Gasteiger partial charge in [-0.1, -0.05) is 38.8 Å². The summed E-state index contributed by atoms with van der Waals surface area (Å²) < 4.78 is 11.7. The normalized spacial score (nSPS) is 22.2. The predicted octanol–water partition coefficient (Wildman–Crippen LogP) is 4.45. The number of carbonyl (C=O) groups excluding carboxylic acids is 2. The molecule has 1 spiro atoms. The molecule has 0 heterocycles. The van der Waals surface area contributed by atoms with E-state index >= 15 is 0 Å². The molecule has 4 heteroatoms. The van der Waals surface area contributed by atoms with E-state index < -0.39 is 17.7 Å². The fraction of sp³-hybridized carbons (Fsp3) is 0.684. The average Bonchev–Trinajstić information content (AvgIpc) is 2.51. The topological polar surface area (TPSA) is 52.6 Å². The highest BCUT2D eigenvalue weighted by atomic mass is 16.7. The van der Waals surface area contributed by atoms with Crippen LogP contribution in [0.5, 0.6) is 0 Å². The first-order valence-electron chi connectivity index (χ1n) is 8.60.